The fourth-order valence-corrected chi connectivity index (χ4v) is 2.90. The summed E-state index contributed by atoms with van der Waals surface area (Å²) in [7, 11) is 0. The highest BCUT2D eigenvalue weighted by molar-refractivity contribution is 6.30. The molecule has 0 radical (unpaired) electrons. The van der Waals surface area contributed by atoms with Crippen molar-refractivity contribution in [3.63, 3.8) is 0 Å². The minimum absolute atomic E-state index is 0.0720. The number of nitrogens with zero attached hydrogens (tertiary/aromatic N) is 1. The van der Waals surface area contributed by atoms with Crippen LogP contribution >= 0.6 is 11.6 Å². The van der Waals surface area contributed by atoms with Gasteiger partial charge in [-0.2, -0.15) is 0 Å². The van der Waals surface area contributed by atoms with Crippen molar-refractivity contribution in [2.24, 2.45) is 0 Å². The Bertz CT molecular complexity index is 792. The quantitative estimate of drug-likeness (QED) is 0.599. The van der Waals surface area contributed by atoms with Gasteiger partial charge in [0.25, 0.3) is 5.91 Å². The first kappa shape index (κ1) is 22.7. The van der Waals surface area contributed by atoms with Crippen LogP contribution in [-0.4, -0.2) is 47.7 Å². The molecule has 1 amide bonds. The van der Waals surface area contributed by atoms with E-state index in [1.807, 2.05) is 19.1 Å². The van der Waals surface area contributed by atoms with Gasteiger partial charge in [-0.3, -0.25) is 4.79 Å². The lowest BCUT2D eigenvalue weighted by atomic mass is 10.1. The van der Waals surface area contributed by atoms with Crippen LogP contribution in [0, 0.1) is 0 Å². The first-order chi connectivity index (χ1) is 13.9. The Hall–Kier alpha value is -2.57. The zero-order valence-electron chi connectivity index (χ0n) is 16.6. The number of carboxylic acid groups (broad SMARTS) is 1. The maximum absolute atomic E-state index is 12.5. The van der Waals surface area contributed by atoms with Crippen molar-refractivity contribution in [2.45, 2.75) is 32.9 Å². The predicted octanol–water partition coefficient (Wildman–Crippen LogP) is 3.80. The monoisotopic (exact) mass is 419 g/mol. The minimum Gasteiger partial charge on any atom is -0.484 e. The van der Waals surface area contributed by atoms with Crippen LogP contribution in [0.5, 0.6) is 5.75 Å². The van der Waals surface area contributed by atoms with Gasteiger partial charge in [0.15, 0.2) is 12.7 Å². The van der Waals surface area contributed by atoms with Gasteiger partial charge in [-0.25, -0.2) is 4.79 Å². The molecule has 156 valence electrons. The molecule has 2 rings (SSSR count). The number of halogens is 1. The summed E-state index contributed by atoms with van der Waals surface area (Å²) in [6, 6.07) is 14.4. The molecule has 1 atom stereocenters. The van der Waals surface area contributed by atoms with Gasteiger partial charge in [0.1, 0.15) is 5.75 Å². The number of likely N-dealkylation sites (N-methyl/N-ethyl adjacent to an activating group) is 1. The predicted molar refractivity (Wildman–Crippen MR) is 111 cm³/mol. The average Bonchev–Trinajstić information content (AvgIpc) is 2.72. The smallest absolute Gasteiger partial charge is 0.333 e. The van der Waals surface area contributed by atoms with Crippen molar-refractivity contribution in [2.75, 3.05) is 19.8 Å². The number of carbonyl (C=O) groups is 2. The van der Waals surface area contributed by atoms with Gasteiger partial charge in [-0.1, -0.05) is 35.9 Å². The molecule has 0 aliphatic heterocycles. The first-order valence-corrected chi connectivity index (χ1v) is 9.89. The summed E-state index contributed by atoms with van der Waals surface area (Å²) >= 11 is 5.90. The molecule has 0 heterocycles. The number of hydrogen-bond donors (Lipinski definition) is 1. The van der Waals surface area contributed by atoms with Gasteiger partial charge in [0.2, 0.25) is 0 Å². The molecule has 2 aromatic rings. The van der Waals surface area contributed by atoms with E-state index < -0.39 is 12.1 Å². The molecule has 0 aliphatic rings. The Morgan fingerprint density at radius 3 is 2.21 bits per heavy atom. The summed E-state index contributed by atoms with van der Waals surface area (Å²) in [5, 5.41) is 9.82. The van der Waals surface area contributed by atoms with E-state index in [4.69, 9.17) is 26.2 Å². The number of benzene rings is 2. The van der Waals surface area contributed by atoms with Gasteiger partial charge >= 0.3 is 5.97 Å². The lowest BCUT2D eigenvalue weighted by Gasteiger charge is -2.21. The van der Waals surface area contributed by atoms with Gasteiger partial charge < -0.3 is 19.5 Å². The fourth-order valence-electron chi connectivity index (χ4n) is 2.78. The normalized spacial score (nSPS) is 11.7. The third-order valence-electron chi connectivity index (χ3n) is 4.37. The summed E-state index contributed by atoms with van der Waals surface area (Å²) < 4.78 is 10.8. The van der Waals surface area contributed by atoms with Gasteiger partial charge in [-0.15, -0.1) is 0 Å². The molecule has 2 aromatic carbocycles. The van der Waals surface area contributed by atoms with E-state index in [9.17, 15) is 9.59 Å². The standard InChI is InChI=1S/C22H26ClNO5/c1-3-24(14-17-5-9-18(23)10-6-17)21(25)15-29-19-11-7-16(8-12-19)13-20(22(26)27)28-4-2/h5-12,20H,3-4,13-15H2,1-2H3,(H,26,27)/t20-/m0/s1. The fraction of sp³-hybridized carbons (Fsp3) is 0.364. The number of carbonyl (C=O) groups excluding carboxylic acids is 1. The minimum atomic E-state index is -0.988. The number of amides is 1. The van der Waals surface area contributed by atoms with Crippen LogP contribution in [0.1, 0.15) is 25.0 Å². The van der Waals surface area contributed by atoms with E-state index in [0.717, 1.165) is 11.1 Å². The van der Waals surface area contributed by atoms with Gasteiger partial charge in [0.05, 0.1) is 0 Å². The van der Waals surface area contributed by atoms with Crippen LogP contribution in [0.25, 0.3) is 0 Å². The summed E-state index contributed by atoms with van der Waals surface area (Å²) in [6.07, 6.45) is -0.605. The second kappa shape index (κ2) is 11.4. The molecule has 29 heavy (non-hydrogen) atoms. The Morgan fingerprint density at radius 2 is 1.66 bits per heavy atom. The van der Waals surface area contributed by atoms with Crippen LogP contribution in [0.4, 0.5) is 0 Å². The molecule has 0 unspecified atom stereocenters. The van der Waals surface area contributed by atoms with Crippen LogP contribution in [-0.2, 0) is 27.3 Å². The van der Waals surface area contributed by atoms with Crippen LogP contribution < -0.4 is 4.74 Å². The maximum Gasteiger partial charge on any atom is 0.333 e. The van der Waals surface area contributed by atoms with E-state index in [2.05, 4.69) is 0 Å². The lowest BCUT2D eigenvalue weighted by molar-refractivity contribution is -0.150. The largest absolute Gasteiger partial charge is 0.484 e. The van der Waals surface area contributed by atoms with E-state index in [1.54, 1.807) is 48.2 Å². The maximum atomic E-state index is 12.5. The number of ether oxygens (including phenoxy) is 2. The molecular formula is C22H26ClNO5. The Balaban J connectivity index is 1.88. The van der Waals surface area contributed by atoms with E-state index >= 15 is 0 Å². The summed E-state index contributed by atoms with van der Waals surface area (Å²) in [5.74, 6) is -0.556. The highest BCUT2D eigenvalue weighted by Crippen LogP contribution is 2.16. The number of aliphatic carboxylic acids is 1. The molecule has 0 saturated carbocycles. The molecule has 0 aromatic heterocycles. The molecule has 6 nitrogen and oxygen atoms in total. The average molecular weight is 420 g/mol. The third kappa shape index (κ3) is 7.40. The molecular weight excluding hydrogens is 394 g/mol. The van der Waals surface area contributed by atoms with E-state index in [1.165, 1.54) is 0 Å². The van der Waals surface area contributed by atoms with Gasteiger partial charge in [-0.05, 0) is 49.2 Å². The summed E-state index contributed by atoms with van der Waals surface area (Å²) in [6.45, 7) is 5.00. The van der Waals surface area contributed by atoms with Crippen molar-refractivity contribution < 1.29 is 24.2 Å². The Kier molecular flexibility index (Phi) is 8.96. The number of carboxylic acids is 1. The third-order valence-corrected chi connectivity index (χ3v) is 4.62. The topological polar surface area (TPSA) is 76.1 Å². The lowest BCUT2D eigenvalue weighted by Crippen LogP contribution is -2.34. The Labute approximate surface area is 176 Å². The summed E-state index contributed by atoms with van der Waals surface area (Å²) in [5.41, 5.74) is 1.82. The molecule has 1 N–H and O–H groups in total. The van der Waals surface area contributed by atoms with E-state index in [-0.39, 0.29) is 18.9 Å². The van der Waals surface area contributed by atoms with Crippen LogP contribution in [0.15, 0.2) is 48.5 Å². The summed E-state index contributed by atoms with van der Waals surface area (Å²) in [4.78, 5) is 25.4. The zero-order valence-corrected chi connectivity index (χ0v) is 17.4. The molecule has 0 spiro atoms. The highest BCUT2D eigenvalue weighted by Gasteiger charge is 2.18. The Morgan fingerprint density at radius 1 is 1.03 bits per heavy atom. The highest BCUT2D eigenvalue weighted by atomic mass is 35.5. The number of rotatable bonds is 11. The molecule has 0 saturated heterocycles. The van der Waals surface area contributed by atoms with Gasteiger partial charge in [0, 0.05) is 31.1 Å². The second-order valence-corrected chi connectivity index (χ2v) is 6.89. The first-order valence-electron chi connectivity index (χ1n) is 9.51. The molecule has 0 fully saturated rings. The van der Waals surface area contributed by atoms with Crippen LogP contribution in [0.2, 0.25) is 5.02 Å². The van der Waals surface area contributed by atoms with Crippen molar-refractivity contribution in [1.82, 2.24) is 4.90 Å². The van der Waals surface area contributed by atoms with Crippen molar-refractivity contribution in [1.29, 1.82) is 0 Å². The van der Waals surface area contributed by atoms with Crippen molar-refractivity contribution in [3.05, 3.63) is 64.7 Å². The zero-order chi connectivity index (χ0) is 21.2. The number of hydrogen-bond acceptors (Lipinski definition) is 4. The molecule has 0 bridgehead atoms. The van der Waals surface area contributed by atoms with Crippen LogP contribution in [0.3, 0.4) is 0 Å². The van der Waals surface area contributed by atoms with Crippen molar-refractivity contribution >= 4 is 23.5 Å². The molecule has 7 heteroatoms. The van der Waals surface area contributed by atoms with Crippen molar-refractivity contribution in [3.8, 4) is 5.75 Å². The van der Waals surface area contributed by atoms with E-state index in [0.29, 0.717) is 30.5 Å². The SMILES string of the molecule is CCO[C@@H](Cc1ccc(OCC(=O)N(CC)Cc2ccc(Cl)cc2)cc1)C(=O)O. The molecule has 0 aliphatic carbocycles. The second-order valence-electron chi connectivity index (χ2n) is 6.45.